The molecule has 2 aromatic rings. The molecular formula is C17H24N4O. The van der Waals surface area contributed by atoms with Gasteiger partial charge in [-0.25, -0.2) is 0 Å². The van der Waals surface area contributed by atoms with E-state index in [2.05, 4.69) is 46.3 Å². The summed E-state index contributed by atoms with van der Waals surface area (Å²) < 4.78 is 0. The van der Waals surface area contributed by atoms with Crippen molar-refractivity contribution in [1.29, 1.82) is 0 Å². The summed E-state index contributed by atoms with van der Waals surface area (Å²) >= 11 is 0. The second-order valence-electron chi connectivity index (χ2n) is 6.49. The summed E-state index contributed by atoms with van der Waals surface area (Å²) in [7, 11) is 1.83. The van der Waals surface area contributed by atoms with Crippen molar-refractivity contribution >= 4 is 0 Å². The second kappa shape index (κ2) is 6.18. The lowest BCUT2D eigenvalue weighted by molar-refractivity contribution is -0.0227. The molecule has 0 bridgehead atoms. The predicted molar refractivity (Wildman–Crippen MR) is 85.3 cm³/mol. The minimum atomic E-state index is -0.575. The van der Waals surface area contributed by atoms with Gasteiger partial charge in [0, 0.05) is 33.1 Å². The monoisotopic (exact) mass is 300 g/mol. The summed E-state index contributed by atoms with van der Waals surface area (Å²) in [5.74, 6) is 0. The first-order chi connectivity index (χ1) is 10.5. The van der Waals surface area contributed by atoms with Gasteiger partial charge >= 0.3 is 0 Å². The third kappa shape index (κ3) is 3.72. The van der Waals surface area contributed by atoms with Crippen molar-refractivity contribution in [2.45, 2.75) is 38.3 Å². The molecule has 0 amide bonds. The third-order valence-corrected chi connectivity index (χ3v) is 4.47. The fourth-order valence-corrected chi connectivity index (χ4v) is 3.08. The zero-order chi connectivity index (χ0) is 15.6. The molecule has 118 valence electrons. The van der Waals surface area contributed by atoms with Gasteiger partial charge in [-0.15, -0.1) is 0 Å². The molecule has 0 unspecified atom stereocenters. The number of piperidine rings is 1. The SMILES string of the molecule is Cc1ccc(CC2(O)CCN(Cc3cnn(C)n3)CC2)cc1. The van der Waals surface area contributed by atoms with Crippen LogP contribution in [0.3, 0.4) is 0 Å². The van der Waals surface area contributed by atoms with Crippen molar-refractivity contribution in [3.05, 3.63) is 47.3 Å². The van der Waals surface area contributed by atoms with Gasteiger partial charge in [0.05, 0.1) is 17.5 Å². The molecule has 5 heteroatoms. The van der Waals surface area contributed by atoms with Crippen LogP contribution in [0.15, 0.2) is 30.5 Å². The molecule has 1 aromatic heterocycles. The summed E-state index contributed by atoms with van der Waals surface area (Å²) in [6.07, 6.45) is 4.17. The van der Waals surface area contributed by atoms with Gasteiger partial charge in [-0.1, -0.05) is 29.8 Å². The fraction of sp³-hybridized carbons (Fsp3) is 0.529. The van der Waals surface area contributed by atoms with Gasteiger partial charge < -0.3 is 5.11 Å². The number of aromatic nitrogens is 3. The average Bonchev–Trinajstić information content (AvgIpc) is 2.90. The van der Waals surface area contributed by atoms with Crippen molar-refractivity contribution < 1.29 is 5.11 Å². The number of hydrogen-bond donors (Lipinski definition) is 1. The highest BCUT2D eigenvalue weighted by atomic mass is 16.3. The molecule has 0 aliphatic carbocycles. The van der Waals surface area contributed by atoms with E-state index in [-0.39, 0.29) is 0 Å². The van der Waals surface area contributed by atoms with Gasteiger partial charge in [-0.3, -0.25) is 4.90 Å². The minimum absolute atomic E-state index is 0.575. The van der Waals surface area contributed by atoms with Gasteiger partial charge in [0.1, 0.15) is 0 Å². The molecule has 22 heavy (non-hydrogen) atoms. The molecule has 1 aliphatic rings. The Morgan fingerprint density at radius 1 is 1.18 bits per heavy atom. The van der Waals surface area contributed by atoms with Crippen molar-refractivity contribution in [2.24, 2.45) is 7.05 Å². The lowest BCUT2D eigenvalue weighted by Crippen LogP contribution is -2.45. The Labute approximate surface area is 131 Å². The Morgan fingerprint density at radius 3 is 2.45 bits per heavy atom. The van der Waals surface area contributed by atoms with Crippen molar-refractivity contribution in [2.75, 3.05) is 13.1 Å². The van der Waals surface area contributed by atoms with Crippen LogP contribution >= 0.6 is 0 Å². The molecule has 1 saturated heterocycles. The lowest BCUT2D eigenvalue weighted by Gasteiger charge is -2.38. The van der Waals surface area contributed by atoms with Crippen LogP contribution in [0, 0.1) is 6.92 Å². The van der Waals surface area contributed by atoms with Crippen LogP contribution in [0.2, 0.25) is 0 Å². The topological polar surface area (TPSA) is 54.2 Å². The van der Waals surface area contributed by atoms with E-state index in [1.165, 1.54) is 11.1 Å². The van der Waals surface area contributed by atoms with E-state index in [1.807, 2.05) is 13.2 Å². The van der Waals surface area contributed by atoms with Gasteiger partial charge in [0.25, 0.3) is 0 Å². The zero-order valence-corrected chi connectivity index (χ0v) is 13.4. The molecule has 1 fully saturated rings. The zero-order valence-electron chi connectivity index (χ0n) is 13.4. The van der Waals surface area contributed by atoms with Crippen LogP contribution in [0.4, 0.5) is 0 Å². The highest BCUT2D eigenvalue weighted by Crippen LogP contribution is 2.27. The van der Waals surface area contributed by atoms with E-state index in [4.69, 9.17) is 0 Å². The van der Waals surface area contributed by atoms with Crippen LogP contribution in [0.25, 0.3) is 0 Å². The molecule has 1 N–H and O–H groups in total. The molecule has 0 saturated carbocycles. The molecular weight excluding hydrogens is 276 g/mol. The molecule has 2 heterocycles. The normalized spacial score (nSPS) is 18.5. The van der Waals surface area contributed by atoms with Gasteiger partial charge in [0.2, 0.25) is 0 Å². The maximum atomic E-state index is 10.8. The lowest BCUT2D eigenvalue weighted by atomic mass is 9.85. The maximum absolute atomic E-state index is 10.8. The van der Waals surface area contributed by atoms with E-state index >= 15 is 0 Å². The van der Waals surface area contributed by atoms with Crippen LogP contribution in [-0.4, -0.2) is 43.7 Å². The van der Waals surface area contributed by atoms with E-state index in [0.29, 0.717) is 0 Å². The van der Waals surface area contributed by atoms with Crippen molar-refractivity contribution in [3.8, 4) is 0 Å². The number of benzene rings is 1. The molecule has 0 atom stereocenters. The van der Waals surface area contributed by atoms with Crippen molar-refractivity contribution in [1.82, 2.24) is 19.9 Å². The van der Waals surface area contributed by atoms with Crippen LogP contribution in [0.5, 0.6) is 0 Å². The van der Waals surface area contributed by atoms with E-state index in [9.17, 15) is 5.11 Å². The van der Waals surface area contributed by atoms with Gasteiger partial charge in [-0.2, -0.15) is 15.0 Å². The number of aliphatic hydroxyl groups is 1. The van der Waals surface area contributed by atoms with Crippen LogP contribution in [0.1, 0.15) is 29.7 Å². The highest BCUT2D eigenvalue weighted by molar-refractivity contribution is 5.23. The Kier molecular flexibility index (Phi) is 4.27. The molecule has 0 radical (unpaired) electrons. The first-order valence-corrected chi connectivity index (χ1v) is 7.88. The predicted octanol–water partition coefficient (Wildman–Crippen LogP) is 1.69. The summed E-state index contributed by atoms with van der Waals surface area (Å²) in [6, 6.07) is 8.47. The average molecular weight is 300 g/mol. The summed E-state index contributed by atoms with van der Waals surface area (Å²) in [5, 5.41) is 19.2. The highest BCUT2D eigenvalue weighted by Gasteiger charge is 2.32. The smallest absolute Gasteiger partial charge is 0.0967 e. The molecule has 1 aliphatic heterocycles. The largest absolute Gasteiger partial charge is 0.389 e. The minimum Gasteiger partial charge on any atom is -0.389 e. The summed E-state index contributed by atoms with van der Waals surface area (Å²) in [5.41, 5.74) is 2.89. The Balaban J connectivity index is 1.54. The third-order valence-electron chi connectivity index (χ3n) is 4.47. The van der Waals surface area contributed by atoms with E-state index in [0.717, 1.165) is 44.6 Å². The van der Waals surface area contributed by atoms with Gasteiger partial charge in [-0.05, 0) is 25.3 Å². The Hall–Kier alpha value is -1.72. The Morgan fingerprint density at radius 2 is 1.86 bits per heavy atom. The van der Waals surface area contributed by atoms with Gasteiger partial charge in [0.15, 0.2) is 0 Å². The Bertz CT molecular complexity index is 612. The first-order valence-electron chi connectivity index (χ1n) is 7.88. The number of aryl methyl sites for hydroxylation is 2. The van der Waals surface area contributed by atoms with Crippen molar-refractivity contribution in [3.63, 3.8) is 0 Å². The maximum Gasteiger partial charge on any atom is 0.0967 e. The summed E-state index contributed by atoms with van der Waals surface area (Å²) in [4.78, 5) is 3.93. The van der Waals surface area contributed by atoms with Crippen LogP contribution in [-0.2, 0) is 20.0 Å². The fourth-order valence-electron chi connectivity index (χ4n) is 3.08. The summed E-state index contributed by atoms with van der Waals surface area (Å²) in [6.45, 7) is 4.70. The van der Waals surface area contributed by atoms with E-state index < -0.39 is 5.60 Å². The van der Waals surface area contributed by atoms with Crippen LogP contribution < -0.4 is 0 Å². The molecule has 3 rings (SSSR count). The standard InChI is InChI=1S/C17H24N4O/c1-14-3-5-15(6-4-14)11-17(22)7-9-21(10-8-17)13-16-12-18-20(2)19-16/h3-6,12,22H,7-11,13H2,1-2H3. The number of rotatable bonds is 4. The second-order valence-corrected chi connectivity index (χ2v) is 6.49. The number of likely N-dealkylation sites (tertiary alicyclic amines) is 1. The quantitative estimate of drug-likeness (QED) is 0.933. The number of hydrogen-bond acceptors (Lipinski definition) is 4. The molecule has 1 aromatic carbocycles. The first kappa shape index (κ1) is 15.2. The number of nitrogens with zero attached hydrogens (tertiary/aromatic N) is 4. The van der Waals surface area contributed by atoms with E-state index in [1.54, 1.807) is 4.80 Å². The molecule has 0 spiro atoms. The molecule has 5 nitrogen and oxygen atoms in total.